The molecule has 1 aliphatic heterocycles. The summed E-state index contributed by atoms with van der Waals surface area (Å²) in [5.41, 5.74) is 0.666. The number of piperidine rings is 1. The molecule has 0 bridgehead atoms. The lowest BCUT2D eigenvalue weighted by Crippen LogP contribution is -2.35. The first-order valence-corrected chi connectivity index (χ1v) is 9.92. The molecule has 23 heavy (non-hydrogen) atoms. The van der Waals surface area contributed by atoms with Crippen molar-refractivity contribution in [2.24, 2.45) is 5.92 Å². The molecule has 0 radical (unpaired) electrons. The Morgan fingerprint density at radius 2 is 1.57 bits per heavy atom. The maximum atomic E-state index is 12.6. The van der Waals surface area contributed by atoms with Crippen LogP contribution in [0.2, 0.25) is 0 Å². The van der Waals surface area contributed by atoms with Gasteiger partial charge in [0.05, 0.1) is 4.90 Å². The molecule has 1 N–H and O–H groups in total. The van der Waals surface area contributed by atoms with E-state index in [1.807, 2.05) is 0 Å². The molecule has 1 saturated heterocycles. The number of sulfonamides is 1. The van der Waals surface area contributed by atoms with Gasteiger partial charge in [-0.1, -0.05) is 19.3 Å². The summed E-state index contributed by atoms with van der Waals surface area (Å²) in [7, 11) is -3.40. The van der Waals surface area contributed by atoms with E-state index >= 15 is 0 Å². The molecule has 2 fully saturated rings. The third-order valence-electron chi connectivity index (χ3n) is 4.80. The number of hydrogen-bond donors (Lipinski definition) is 1. The number of hydrogen-bond acceptors (Lipinski definition) is 3. The zero-order valence-corrected chi connectivity index (χ0v) is 14.1. The Morgan fingerprint density at radius 1 is 0.957 bits per heavy atom. The summed E-state index contributed by atoms with van der Waals surface area (Å²) in [5, 5.41) is 2.89. The quantitative estimate of drug-likeness (QED) is 0.919. The number of rotatable bonds is 4. The molecule has 5 nitrogen and oxygen atoms in total. The van der Waals surface area contributed by atoms with Crippen LogP contribution in [-0.2, 0) is 14.8 Å². The standard InChI is InChI=1S/C17H24N2O3S/c20-17(14-6-2-3-7-14)18-15-8-10-16(11-9-15)23(21,22)19-12-4-1-5-13-19/h8-11,14H,1-7,12-13H2,(H,18,20). The molecule has 0 spiro atoms. The monoisotopic (exact) mass is 336 g/mol. The van der Waals surface area contributed by atoms with Crippen LogP contribution in [-0.4, -0.2) is 31.7 Å². The molecule has 1 heterocycles. The third kappa shape index (κ3) is 3.75. The smallest absolute Gasteiger partial charge is 0.243 e. The van der Waals surface area contributed by atoms with Gasteiger partial charge in [0, 0.05) is 24.7 Å². The van der Waals surface area contributed by atoms with E-state index in [0.29, 0.717) is 23.7 Å². The van der Waals surface area contributed by atoms with Gasteiger partial charge in [0.1, 0.15) is 0 Å². The normalized spacial score (nSPS) is 20.5. The van der Waals surface area contributed by atoms with Crippen LogP contribution in [0.4, 0.5) is 5.69 Å². The Kier molecular flexibility index (Phi) is 5.02. The van der Waals surface area contributed by atoms with Crippen molar-refractivity contribution < 1.29 is 13.2 Å². The Balaban J connectivity index is 1.67. The van der Waals surface area contributed by atoms with E-state index in [2.05, 4.69) is 5.32 Å². The van der Waals surface area contributed by atoms with Crippen molar-refractivity contribution in [1.82, 2.24) is 4.31 Å². The average Bonchev–Trinajstić information content (AvgIpc) is 3.11. The second-order valence-corrected chi connectivity index (χ2v) is 8.40. The van der Waals surface area contributed by atoms with Crippen LogP contribution >= 0.6 is 0 Å². The Morgan fingerprint density at radius 3 is 2.17 bits per heavy atom. The maximum Gasteiger partial charge on any atom is 0.243 e. The summed E-state index contributed by atoms with van der Waals surface area (Å²) in [5.74, 6) is 0.154. The first-order valence-electron chi connectivity index (χ1n) is 8.48. The second-order valence-electron chi connectivity index (χ2n) is 6.46. The second kappa shape index (κ2) is 7.01. The van der Waals surface area contributed by atoms with Crippen LogP contribution in [0.1, 0.15) is 44.9 Å². The van der Waals surface area contributed by atoms with Crippen LogP contribution in [0.15, 0.2) is 29.2 Å². The molecule has 1 amide bonds. The number of amides is 1. The summed E-state index contributed by atoms with van der Waals surface area (Å²) in [6.07, 6.45) is 7.08. The molecule has 1 aromatic rings. The van der Waals surface area contributed by atoms with Crippen molar-refractivity contribution in [3.05, 3.63) is 24.3 Å². The van der Waals surface area contributed by atoms with Crippen LogP contribution < -0.4 is 5.32 Å². The van der Waals surface area contributed by atoms with Crippen molar-refractivity contribution in [1.29, 1.82) is 0 Å². The topological polar surface area (TPSA) is 66.5 Å². The SMILES string of the molecule is O=C(Nc1ccc(S(=O)(=O)N2CCCCC2)cc1)C1CCCC1. The molecule has 6 heteroatoms. The van der Waals surface area contributed by atoms with Gasteiger partial charge in [-0.15, -0.1) is 0 Å². The molecule has 1 saturated carbocycles. The van der Waals surface area contributed by atoms with Crippen molar-refractivity contribution in [2.75, 3.05) is 18.4 Å². The number of carbonyl (C=O) groups is 1. The fraction of sp³-hybridized carbons (Fsp3) is 0.588. The third-order valence-corrected chi connectivity index (χ3v) is 6.71. The minimum absolute atomic E-state index is 0.0501. The van der Waals surface area contributed by atoms with Crippen molar-refractivity contribution in [3.63, 3.8) is 0 Å². The van der Waals surface area contributed by atoms with Gasteiger partial charge in [0.15, 0.2) is 0 Å². The number of nitrogens with one attached hydrogen (secondary N) is 1. The van der Waals surface area contributed by atoms with Gasteiger partial charge in [-0.2, -0.15) is 4.31 Å². The van der Waals surface area contributed by atoms with Crippen molar-refractivity contribution in [2.45, 2.75) is 49.8 Å². The largest absolute Gasteiger partial charge is 0.326 e. The van der Waals surface area contributed by atoms with Crippen LogP contribution in [0.5, 0.6) is 0 Å². The van der Waals surface area contributed by atoms with E-state index in [9.17, 15) is 13.2 Å². The Labute approximate surface area is 138 Å². The molecule has 0 aromatic heterocycles. The zero-order chi connectivity index (χ0) is 16.3. The molecule has 3 rings (SSSR count). The molecule has 1 aromatic carbocycles. The van der Waals surface area contributed by atoms with Crippen LogP contribution in [0.25, 0.3) is 0 Å². The van der Waals surface area contributed by atoms with Gasteiger partial charge in [-0.05, 0) is 49.9 Å². The number of nitrogens with zero attached hydrogens (tertiary/aromatic N) is 1. The zero-order valence-electron chi connectivity index (χ0n) is 13.3. The molecule has 0 unspecified atom stereocenters. The minimum Gasteiger partial charge on any atom is -0.326 e. The van der Waals surface area contributed by atoms with Gasteiger partial charge in [0.2, 0.25) is 15.9 Å². The van der Waals surface area contributed by atoms with Crippen molar-refractivity contribution in [3.8, 4) is 0 Å². The van der Waals surface area contributed by atoms with Crippen LogP contribution in [0.3, 0.4) is 0 Å². The number of benzene rings is 1. The van der Waals surface area contributed by atoms with Gasteiger partial charge in [-0.25, -0.2) is 8.42 Å². The molecule has 0 atom stereocenters. The fourth-order valence-corrected chi connectivity index (χ4v) is 4.91. The van der Waals surface area contributed by atoms with Crippen molar-refractivity contribution >= 4 is 21.6 Å². The predicted octanol–water partition coefficient (Wildman–Crippen LogP) is 2.99. The molecule has 2 aliphatic rings. The molecule has 1 aliphatic carbocycles. The highest BCUT2D eigenvalue weighted by Crippen LogP contribution is 2.26. The molecule has 126 valence electrons. The highest BCUT2D eigenvalue weighted by molar-refractivity contribution is 7.89. The lowest BCUT2D eigenvalue weighted by atomic mass is 10.1. The first-order chi connectivity index (χ1) is 11.1. The van der Waals surface area contributed by atoms with Gasteiger partial charge >= 0.3 is 0 Å². The summed E-state index contributed by atoms with van der Waals surface area (Å²) >= 11 is 0. The number of carbonyl (C=O) groups excluding carboxylic acids is 1. The van der Waals surface area contributed by atoms with Gasteiger partial charge in [0.25, 0.3) is 0 Å². The minimum atomic E-state index is -3.40. The molecular weight excluding hydrogens is 312 g/mol. The van der Waals surface area contributed by atoms with E-state index < -0.39 is 10.0 Å². The summed E-state index contributed by atoms with van der Waals surface area (Å²) < 4.78 is 26.7. The predicted molar refractivity (Wildman–Crippen MR) is 89.6 cm³/mol. The Hall–Kier alpha value is -1.40. The summed E-state index contributed by atoms with van der Waals surface area (Å²) in [6, 6.07) is 6.55. The van der Waals surface area contributed by atoms with E-state index in [4.69, 9.17) is 0 Å². The van der Waals surface area contributed by atoms with E-state index in [1.165, 1.54) is 0 Å². The van der Waals surface area contributed by atoms with E-state index in [-0.39, 0.29) is 11.8 Å². The highest BCUT2D eigenvalue weighted by Gasteiger charge is 2.26. The van der Waals surface area contributed by atoms with Gasteiger partial charge in [-0.3, -0.25) is 4.79 Å². The lowest BCUT2D eigenvalue weighted by Gasteiger charge is -2.25. The highest BCUT2D eigenvalue weighted by atomic mass is 32.2. The first kappa shape index (κ1) is 16.5. The average molecular weight is 336 g/mol. The number of anilines is 1. The fourth-order valence-electron chi connectivity index (χ4n) is 3.40. The van der Waals surface area contributed by atoms with Gasteiger partial charge < -0.3 is 5.32 Å². The lowest BCUT2D eigenvalue weighted by molar-refractivity contribution is -0.119. The Bertz CT molecular complexity index is 643. The maximum absolute atomic E-state index is 12.6. The summed E-state index contributed by atoms with van der Waals surface area (Å²) in [6.45, 7) is 1.20. The van der Waals surface area contributed by atoms with E-state index in [0.717, 1.165) is 44.9 Å². The summed E-state index contributed by atoms with van der Waals surface area (Å²) in [4.78, 5) is 12.4. The molecular formula is C17H24N2O3S. The van der Waals surface area contributed by atoms with Crippen LogP contribution in [0, 0.1) is 5.92 Å². The van der Waals surface area contributed by atoms with E-state index in [1.54, 1.807) is 28.6 Å².